The topological polar surface area (TPSA) is 75.7 Å². The Morgan fingerprint density at radius 2 is 1.89 bits per heavy atom. The summed E-state index contributed by atoms with van der Waals surface area (Å²) in [6.45, 7) is 5.87. The van der Waals surface area contributed by atoms with E-state index >= 15 is 0 Å². The Morgan fingerprint density at radius 3 is 2.39 bits per heavy atom. The standard InChI is InChI=1S/C11H22N2O4S/c1-9(8-18(3,15)16)12-10(2)11(14)13-4-6-17-7-5-13/h9-10,12H,4-8H2,1-3H3. The van der Waals surface area contributed by atoms with Crippen molar-refractivity contribution in [3.63, 3.8) is 0 Å². The van der Waals surface area contributed by atoms with E-state index in [-0.39, 0.29) is 23.7 Å². The molecule has 1 N–H and O–H groups in total. The zero-order valence-electron chi connectivity index (χ0n) is 11.2. The number of amides is 1. The summed E-state index contributed by atoms with van der Waals surface area (Å²) in [6, 6.07) is -0.611. The molecular weight excluding hydrogens is 256 g/mol. The maximum absolute atomic E-state index is 12.1. The lowest BCUT2D eigenvalue weighted by molar-refractivity contribution is -0.137. The lowest BCUT2D eigenvalue weighted by Gasteiger charge is -2.30. The van der Waals surface area contributed by atoms with Crippen LogP contribution in [-0.4, -0.2) is 69.6 Å². The average Bonchev–Trinajstić information content (AvgIpc) is 2.26. The largest absolute Gasteiger partial charge is 0.378 e. The van der Waals surface area contributed by atoms with Crippen LogP contribution < -0.4 is 5.32 Å². The highest BCUT2D eigenvalue weighted by molar-refractivity contribution is 7.90. The van der Waals surface area contributed by atoms with Crippen LogP contribution in [-0.2, 0) is 19.4 Å². The second kappa shape index (κ2) is 6.49. The van der Waals surface area contributed by atoms with Gasteiger partial charge in [-0.1, -0.05) is 0 Å². The maximum atomic E-state index is 12.1. The molecule has 1 amide bonds. The van der Waals surface area contributed by atoms with E-state index < -0.39 is 9.84 Å². The molecule has 1 aliphatic heterocycles. The third-order valence-corrected chi connectivity index (χ3v) is 3.89. The van der Waals surface area contributed by atoms with Crippen molar-refractivity contribution in [2.45, 2.75) is 25.9 Å². The Kier molecular flexibility index (Phi) is 5.55. The molecule has 0 aromatic rings. The first-order chi connectivity index (χ1) is 8.29. The number of nitrogens with one attached hydrogen (secondary N) is 1. The average molecular weight is 278 g/mol. The van der Waals surface area contributed by atoms with Gasteiger partial charge >= 0.3 is 0 Å². The van der Waals surface area contributed by atoms with Gasteiger partial charge in [-0.3, -0.25) is 4.79 Å². The normalized spacial score (nSPS) is 20.5. The minimum Gasteiger partial charge on any atom is -0.378 e. The quantitative estimate of drug-likeness (QED) is 0.716. The van der Waals surface area contributed by atoms with Crippen molar-refractivity contribution in [1.82, 2.24) is 10.2 Å². The summed E-state index contributed by atoms with van der Waals surface area (Å²) >= 11 is 0. The van der Waals surface area contributed by atoms with E-state index in [2.05, 4.69) is 5.32 Å². The van der Waals surface area contributed by atoms with Gasteiger partial charge in [0.1, 0.15) is 9.84 Å². The molecule has 0 aromatic heterocycles. The zero-order chi connectivity index (χ0) is 13.8. The van der Waals surface area contributed by atoms with Gasteiger partial charge in [0.2, 0.25) is 5.91 Å². The van der Waals surface area contributed by atoms with E-state index in [1.807, 2.05) is 0 Å². The monoisotopic (exact) mass is 278 g/mol. The number of morpholine rings is 1. The Labute approximate surface area is 109 Å². The van der Waals surface area contributed by atoms with Gasteiger partial charge in [0.25, 0.3) is 0 Å². The van der Waals surface area contributed by atoms with E-state index in [4.69, 9.17) is 4.74 Å². The van der Waals surface area contributed by atoms with Crippen LogP contribution in [0.3, 0.4) is 0 Å². The number of rotatable bonds is 5. The number of ether oxygens (including phenoxy) is 1. The Morgan fingerprint density at radius 1 is 1.33 bits per heavy atom. The molecule has 2 unspecified atom stereocenters. The fourth-order valence-electron chi connectivity index (χ4n) is 2.06. The van der Waals surface area contributed by atoms with Crippen molar-refractivity contribution in [3.05, 3.63) is 0 Å². The summed E-state index contributed by atoms with van der Waals surface area (Å²) in [5.41, 5.74) is 0. The zero-order valence-corrected chi connectivity index (χ0v) is 12.0. The molecule has 1 fully saturated rings. The molecule has 0 aliphatic carbocycles. The van der Waals surface area contributed by atoms with Crippen molar-refractivity contribution >= 4 is 15.7 Å². The first kappa shape index (κ1) is 15.4. The van der Waals surface area contributed by atoms with Gasteiger partial charge in [-0.15, -0.1) is 0 Å². The van der Waals surface area contributed by atoms with Crippen LogP contribution >= 0.6 is 0 Å². The molecule has 0 radical (unpaired) electrons. The summed E-state index contributed by atoms with van der Waals surface area (Å²) in [4.78, 5) is 13.8. The molecule has 0 bridgehead atoms. The molecular formula is C11H22N2O4S. The van der Waals surface area contributed by atoms with Gasteiger partial charge in [0.15, 0.2) is 0 Å². The molecule has 6 nitrogen and oxygen atoms in total. The van der Waals surface area contributed by atoms with Crippen molar-refractivity contribution in [2.24, 2.45) is 0 Å². The number of carbonyl (C=O) groups is 1. The highest BCUT2D eigenvalue weighted by Crippen LogP contribution is 2.02. The van der Waals surface area contributed by atoms with Crippen molar-refractivity contribution in [1.29, 1.82) is 0 Å². The number of nitrogens with zero attached hydrogens (tertiary/aromatic N) is 1. The van der Waals surface area contributed by atoms with Crippen LogP contribution in [0.5, 0.6) is 0 Å². The summed E-state index contributed by atoms with van der Waals surface area (Å²) in [5.74, 6) is 0.0342. The van der Waals surface area contributed by atoms with Crippen molar-refractivity contribution in [3.8, 4) is 0 Å². The second-order valence-electron chi connectivity index (χ2n) is 4.82. The maximum Gasteiger partial charge on any atom is 0.239 e. The molecule has 0 spiro atoms. The molecule has 0 aromatic carbocycles. The molecule has 106 valence electrons. The van der Waals surface area contributed by atoms with E-state index in [1.54, 1.807) is 18.7 Å². The van der Waals surface area contributed by atoms with Gasteiger partial charge in [0, 0.05) is 25.4 Å². The summed E-state index contributed by atoms with van der Waals surface area (Å²) in [6.07, 6.45) is 1.19. The predicted octanol–water partition coefficient (Wildman–Crippen LogP) is -0.744. The SMILES string of the molecule is CC(CS(C)(=O)=O)NC(C)C(=O)N1CCOCC1. The number of carbonyl (C=O) groups excluding carboxylic acids is 1. The van der Waals surface area contributed by atoms with E-state index in [9.17, 15) is 13.2 Å². The molecule has 0 saturated carbocycles. The predicted molar refractivity (Wildman–Crippen MR) is 69.2 cm³/mol. The highest BCUT2D eigenvalue weighted by Gasteiger charge is 2.24. The summed E-state index contributed by atoms with van der Waals surface area (Å²) in [5, 5.41) is 3.02. The van der Waals surface area contributed by atoms with Crippen molar-refractivity contribution < 1.29 is 17.9 Å². The van der Waals surface area contributed by atoms with Gasteiger partial charge in [-0.25, -0.2) is 8.42 Å². The molecule has 18 heavy (non-hydrogen) atoms. The second-order valence-corrected chi connectivity index (χ2v) is 7.00. The lowest BCUT2D eigenvalue weighted by Crippen LogP contribution is -2.51. The lowest BCUT2D eigenvalue weighted by atomic mass is 10.2. The first-order valence-electron chi connectivity index (χ1n) is 6.10. The Hall–Kier alpha value is -0.660. The first-order valence-corrected chi connectivity index (χ1v) is 8.16. The Balaban J connectivity index is 2.43. The Bertz CT molecular complexity index is 377. The van der Waals surface area contributed by atoms with Gasteiger partial charge in [-0.2, -0.15) is 0 Å². The van der Waals surface area contributed by atoms with Gasteiger partial charge in [-0.05, 0) is 13.8 Å². The molecule has 1 aliphatic rings. The number of sulfone groups is 1. The van der Waals surface area contributed by atoms with Crippen LogP contribution in [0.1, 0.15) is 13.8 Å². The minimum atomic E-state index is -3.03. The molecule has 1 rings (SSSR count). The van der Waals surface area contributed by atoms with Gasteiger partial charge < -0.3 is 15.0 Å². The third-order valence-electron chi connectivity index (χ3n) is 2.78. The van der Waals surface area contributed by atoms with E-state index in [1.165, 1.54) is 6.26 Å². The van der Waals surface area contributed by atoms with Crippen LogP contribution in [0.25, 0.3) is 0 Å². The molecule has 7 heteroatoms. The van der Waals surface area contributed by atoms with Crippen molar-refractivity contribution in [2.75, 3.05) is 38.3 Å². The molecule has 1 heterocycles. The fraction of sp³-hybridized carbons (Fsp3) is 0.909. The van der Waals surface area contributed by atoms with Crippen LogP contribution in [0, 0.1) is 0 Å². The summed E-state index contributed by atoms with van der Waals surface area (Å²) in [7, 11) is -3.03. The molecule has 1 saturated heterocycles. The fourth-order valence-corrected chi connectivity index (χ4v) is 3.06. The number of hydrogen-bond donors (Lipinski definition) is 1. The van der Waals surface area contributed by atoms with Crippen LogP contribution in [0.4, 0.5) is 0 Å². The third kappa shape index (κ3) is 5.32. The van der Waals surface area contributed by atoms with Crippen LogP contribution in [0.15, 0.2) is 0 Å². The smallest absolute Gasteiger partial charge is 0.239 e. The van der Waals surface area contributed by atoms with E-state index in [0.29, 0.717) is 26.3 Å². The highest BCUT2D eigenvalue weighted by atomic mass is 32.2. The van der Waals surface area contributed by atoms with Gasteiger partial charge in [0.05, 0.1) is 25.0 Å². The van der Waals surface area contributed by atoms with E-state index in [0.717, 1.165) is 0 Å². The summed E-state index contributed by atoms with van der Waals surface area (Å²) < 4.78 is 27.5. The minimum absolute atomic E-state index is 0.00125. The van der Waals surface area contributed by atoms with Crippen LogP contribution in [0.2, 0.25) is 0 Å². The molecule has 2 atom stereocenters. The number of hydrogen-bond acceptors (Lipinski definition) is 5.